The maximum absolute atomic E-state index is 12.3. The van der Waals surface area contributed by atoms with Gasteiger partial charge in [-0.1, -0.05) is 39.8 Å². The van der Waals surface area contributed by atoms with E-state index in [2.05, 4.69) is 13.8 Å². The Morgan fingerprint density at radius 3 is 2.00 bits per heavy atom. The standard InChI is InChI=1S/C18H29NO4S/c1-13(2)11-19(18(20)14(3)4)12-16-7-9-17(10-8-16)23-24(21,22)15(5)6/h7-10,13-15H,11-12H2,1-6H3. The largest absolute Gasteiger partial charge is 0.382 e. The van der Waals surface area contributed by atoms with Crippen LogP contribution in [0.1, 0.15) is 47.1 Å². The fourth-order valence-corrected chi connectivity index (χ4v) is 2.71. The normalized spacial score (nSPS) is 12.0. The van der Waals surface area contributed by atoms with Crippen molar-refractivity contribution in [3.05, 3.63) is 29.8 Å². The summed E-state index contributed by atoms with van der Waals surface area (Å²) in [7, 11) is -3.59. The molecule has 1 aromatic carbocycles. The van der Waals surface area contributed by atoms with Gasteiger partial charge >= 0.3 is 10.1 Å². The van der Waals surface area contributed by atoms with Crippen molar-refractivity contribution in [3.8, 4) is 5.75 Å². The van der Waals surface area contributed by atoms with Crippen LogP contribution in [0.5, 0.6) is 5.75 Å². The van der Waals surface area contributed by atoms with Crippen LogP contribution in [0, 0.1) is 11.8 Å². The number of carbonyl (C=O) groups excluding carboxylic acids is 1. The molecule has 0 spiro atoms. The van der Waals surface area contributed by atoms with Crippen molar-refractivity contribution >= 4 is 16.0 Å². The summed E-state index contributed by atoms with van der Waals surface area (Å²) >= 11 is 0. The van der Waals surface area contributed by atoms with Gasteiger partial charge in [0.25, 0.3) is 0 Å². The second-order valence-electron chi connectivity index (χ2n) is 7.04. The fourth-order valence-electron chi connectivity index (χ4n) is 2.14. The van der Waals surface area contributed by atoms with E-state index in [1.807, 2.05) is 18.7 Å². The second kappa shape index (κ2) is 8.51. The third kappa shape index (κ3) is 6.15. The van der Waals surface area contributed by atoms with Crippen LogP contribution in [0.15, 0.2) is 24.3 Å². The summed E-state index contributed by atoms with van der Waals surface area (Å²) in [5.74, 6) is 0.735. The number of hydrogen-bond acceptors (Lipinski definition) is 4. The van der Waals surface area contributed by atoms with Crippen LogP contribution in [-0.2, 0) is 21.5 Å². The summed E-state index contributed by atoms with van der Waals surface area (Å²) in [5.41, 5.74) is 0.943. The molecule has 0 radical (unpaired) electrons. The minimum atomic E-state index is -3.59. The van der Waals surface area contributed by atoms with E-state index in [-0.39, 0.29) is 17.6 Å². The van der Waals surface area contributed by atoms with E-state index in [4.69, 9.17) is 4.18 Å². The van der Waals surface area contributed by atoms with E-state index in [1.54, 1.807) is 38.1 Å². The van der Waals surface area contributed by atoms with Crippen LogP contribution in [-0.4, -0.2) is 31.0 Å². The zero-order valence-corrected chi connectivity index (χ0v) is 16.3. The molecule has 5 nitrogen and oxygen atoms in total. The first-order valence-electron chi connectivity index (χ1n) is 8.34. The lowest BCUT2D eigenvalue weighted by atomic mass is 10.1. The molecule has 1 aromatic rings. The molecular weight excluding hydrogens is 326 g/mol. The number of nitrogens with zero attached hydrogens (tertiary/aromatic N) is 1. The van der Waals surface area contributed by atoms with Crippen molar-refractivity contribution in [2.45, 2.75) is 53.3 Å². The molecule has 0 fully saturated rings. The highest BCUT2D eigenvalue weighted by Gasteiger charge is 2.20. The molecule has 0 aliphatic heterocycles. The summed E-state index contributed by atoms with van der Waals surface area (Å²) in [5, 5.41) is -0.595. The van der Waals surface area contributed by atoms with E-state index in [9.17, 15) is 13.2 Å². The monoisotopic (exact) mass is 355 g/mol. The Labute approximate surface area is 146 Å². The average molecular weight is 356 g/mol. The zero-order chi connectivity index (χ0) is 18.5. The van der Waals surface area contributed by atoms with Crippen molar-refractivity contribution in [2.75, 3.05) is 6.54 Å². The summed E-state index contributed by atoms with van der Waals surface area (Å²) < 4.78 is 28.6. The lowest BCUT2D eigenvalue weighted by Gasteiger charge is -2.26. The lowest BCUT2D eigenvalue weighted by Crippen LogP contribution is -2.36. The first kappa shape index (κ1) is 20.5. The lowest BCUT2D eigenvalue weighted by molar-refractivity contribution is -0.135. The van der Waals surface area contributed by atoms with E-state index in [0.29, 0.717) is 19.0 Å². The van der Waals surface area contributed by atoms with Crippen LogP contribution in [0.2, 0.25) is 0 Å². The van der Waals surface area contributed by atoms with E-state index in [0.717, 1.165) is 5.56 Å². The van der Waals surface area contributed by atoms with Gasteiger partial charge in [-0.3, -0.25) is 4.79 Å². The van der Waals surface area contributed by atoms with Gasteiger partial charge < -0.3 is 9.08 Å². The zero-order valence-electron chi connectivity index (χ0n) is 15.4. The fraction of sp³-hybridized carbons (Fsp3) is 0.611. The SMILES string of the molecule is CC(C)CN(Cc1ccc(OS(=O)(=O)C(C)C)cc1)C(=O)C(C)C. The minimum Gasteiger partial charge on any atom is -0.382 e. The van der Waals surface area contributed by atoms with E-state index < -0.39 is 15.4 Å². The van der Waals surface area contributed by atoms with Crippen LogP contribution in [0.3, 0.4) is 0 Å². The third-order valence-electron chi connectivity index (χ3n) is 3.48. The molecule has 0 atom stereocenters. The van der Waals surface area contributed by atoms with Gasteiger partial charge in [0.15, 0.2) is 0 Å². The Kier molecular flexibility index (Phi) is 7.27. The van der Waals surface area contributed by atoms with Crippen LogP contribution < -0.4 is 4.18 Å². The van der Waals surface area contributed by atoms with Gasteiger partial charge in [-0.05, 0) is 37.5 Å². The van der Waals surface area contributed by atoms with Crippen molar-refractivity contribution in [2.24, 2.45) is 11.8 Å². The van der Waals surface area contributed by atoms with Crippen molar-refractivity contribution in [1.82, 2.24) is 4.90 Å². The van der Waals surface area contributed by atoms with E-state index >= 15 is 0 Å². The molecule has 0 N–H and O–H groups in total. The second-order valence-corrected chi connectivity index (χ2v) is 9.13. The quantitative estimate of drug-likeness (QED) is 0.670. The van der Waals surface area contributed by atoms with Crippen molar-refractivity contribution in [1.29, 1.82) is 0 Å². The molecule has 0 bridgehead atoms. The van der Waals surface area contributed by atoms with E-state index in [1.165, 1.54) is 0 Å². The molecule has 24 heavy (non-hydrogen) atoms. The number of benzene rings is 1. The Hall–Kier alpha value is -1.56. The van der Waals surface area contributed by atoms with Crippen molar-refractivity contribution in [3.63, 3.8) is 0 Å². The Bertz CT molecular complexity index is 633. The minimum absolute atomic E-state index is 0.0532. The van der Waals surface area contributed by atoms with Gasteiger partial charge in [0.05, 0.1) is 5.25 Å². The van der Waals surface area contributed by atoms with Gasteiger partial charge in [0.1, 0.15) is 5.75 Å². The van der Waals surface area contributed by atoms with Crippen LogP contribution in [0.4, 0.5) is 0 Å². The average Bonchev–Trinajstić information content (AvgIpc) is 2.46. The Morgan fingerprint density at radius 1 is 1.04 bits per heavy atom. The number of hydrogen-bond donors (Lipinski definition) is 0. The first-order valence-corrected chi connectivity index (χ1v) is 9.81. The predicted molar refractivity (Wildman–Crippen MR) is 96.2 cm³/mol. The van der Waals surface area contributed by atoms with Gasteiger partial charge in [-0.15, -0.1) is 0 Å². The van der Waals surface area contributed by atoms with Gasteiger partial charge in [-0.2, -0.15) is 8.42 Å². The highest BCUT2D eigenvalue weighted by atomic mass is 32.2. The number of rotatable bonds is 8. The maximum atomic E-state index is 12.3. The molecule has 0 saturated heterocycles. The third-order valence-corrected chi connectivity index (χ3v) is 5.06. The maximum Gasteiger partial charge on any atom is 0.311 e. The molecule has 1 amide bonds. The van der Waals surface area contributed by atoms with Crippen molar-refractivity contribution < 1.29 is 17.4 Å². The molecule has 1 rings (SSSR count). The number of carbonyl (C=O) groups is 1. The molecule has 6 heteroatoms. The van der Waals surface area contributed by atoms with Gasteiger partial charge in [-0.25, -0.2) is 0 Å². The summed E-state index contributed by atoms with van der Waals surface area (Å²) in [6.45, 7) is 12.3. The Morgan fingerprint density at radius 2 is 1.58 bits per heavy atom. The molecule has 0 unspecified atom stereocenters. The Balaban J connectivity index is 2.85. The summed E-state index contributed by atoms with van der Waals surface area (Å²) in [6, 6.07) is 6.85. The molecular formula is C18H29NO4S. The van der Waals surface area contributed by atoms with Gasteiger partial charge in [0, 0.05) is 19.0 Å². The molecule has 0 aliphatic carbocycles. The van der Waals surface area contributed by atoms with Crippen LogP contribution in [0.25, 0.3) is 0 Å². The highest BCUT2D eigenvalue weighted by molar-refractivity contribution is 7.87. The highest BCUT2D eigenvalue weighted by Crippen LogP contribution is 2.18. The first-order chi connectivity index (χ1) is 11.0. The smallest absolute Gasteiger partial charge is 0.311 e. The molecule has 0 aliphatic rings. The molecule has 0 aromatic heterocycles. The molecule has 0 saturated carbocycles. The summed E-state index contributed by atoms with van der Waals surface area (Å²) in [4.78, 5) is 14.2. The topological polar surface area (TPSA) is 63.7 Å². The number of amides is 1. The van der Waals surface area contributed by atoms with Gasteiger partial charge in [0.2, 0.25) is 5.91 Å². The summed E-state index contributed by atoms with van der Waals surface area (Å²) in [6.07, 6.45) is 0. The molecule has 136 valence electrons. The van der Waals surface area contributed by atoms with Crippen LogP contribution >= 0.6 is 0 Å². The predicted octanol–water partition coefficient (Wildman–Crippen LogP) is 3.44. The molecule has 0 heterocycles.